The van der Waals surface area contributed by atoms with Crippen LogP contribution < -0.4 is 10.6 Å². The first-order chi connectivity index (χ1) is 15.2. The molecule has 0 bridgehead atoms. The maximum atomic E-state index is 13.6. The third kappa shape index (κ3) is 6.26. The SMILES string of the molecule is CC(C)c1noc(CN2CCN(CC(=O)NCC(=O)Nc3ccc(F)c(F)c3F)CC2)n1. The highest BCUT2D eigenvalue weighted by atomic mass is 19.2. The molecule has 1 aliphatic heterocycles. The maximum absolute atomic E-state index is 13.6. The quantitative estimate of drug-likeness (QED) is 0.583. The number of hydrogen-bond donors (Lipinski definition) is 2. The second kappa shape index (κ2) is 10.6. The normalized spacial score (nSPS) is 15.2. The average molecular weight is 454 g/mol. The first-order valence-electron chi connectivity index (χ1n) is 10.2. The third-order valence-electron chi connectivity index (χ3n) is 4.95. The average Bonchev–Trinajstić information content (AvgIpc) is 3.23. The van der Waals surface area contributed by atoms with Crippen LogP contribution >= 0.6 is 0 Å². The van der Waals surface area contributed by atoms with Crippen molar-refractivity contribution in [1.82, 2.24) is 25.3 Å². The monoisotopic (exact) mass is 454 g/mol. The van der Waals surface area contributed by atoms with Crippen molar-refractivity contribution in [3.63, 3.8) is 0 Å². The van der Waals surface area contributed by atoms with Crippen molar-refractivity contribution < 1.29 is 27.3 Å². The lowest BCUT2D eigenvalue weighted by Gasteiger charge is -2.33. The lowest BCUT2D eigenvalue weighted by molar-refractivity contribution is -0.125. The summed E-state index contributed by atoms with van der Waals surface area (Å²) in [4.78, 5) is 32.4. The predicted molar refractivity (Wildman–Crippen MR) is 108 cm³/mol. The van der Waals surface area contributed by atoms with Crippen molar-refractivity contribution in [2.45, 2.75) is 26.3 Å². The highest BCUT2D eigenvalue weighted by Crippen LogP contribution is 2.19. The zero-order valence-corrected chi connectivity index (χ0v) is 17.8. The van der Waals surface area contributed by atoms with Gasteiger partial charge in [0.1, 0.15) is 0 Å². The zero-order valence-electron chi connectivity index (χ0n) is 17.8. The minimum Gasteiger partial charge on any atom is -0.346 e. The summed E-state index contributed by atoms with van der Waals surface area (Å²) in [6, 6.07) is 1.61. The Morgan fingerprint density at radius 3 is 2.41 bits per heavy atom. The van der Waals surface area contributed by atoms with E-state index in [-0.39, 0.29) is 18.4 Å². The van der Waals surface area contributed by atoms with E-state index in [1.54, 1.807) is 0 Å². The first-order valence-corrected chi connectivity index (χ1v) is 10.2. The summed E-state index contributed by atoms with van der Waals surface area (Å²) < 4.78 is 45.0. The molecule has 9 nitrogen and oxygen atoms in total. The first kappa shape index (κ1) is 23.7. The molecule has 32 heavy (non-hydrogen) atoms. The van der Waals surface area contributed by atoms with Gasteiger partial charge in [-0.15, -0.1) is 0 Å². The number of anilines is 1. The molecule has 1 aliphatic rings. The molecule has 2 amide bonds. The summed E-state index contributed by atoms with van der Waals surface area (Å²) in [5, 5.41) is 8.47. The van der Waals surface area contributed by atoms with Crippen LogP contribution in [0.4, 0.5) is 18.9 Å². The molecule has 0 saturated carbocycles. The van der Waals surface area contributed by atoms with Crippen molar-refractivity contribution in [3.05, 3.63) is 41.3 Å². The molecule has 2 heterocycles. The van der Waals surface area contributed by atoms with E-state index in [0.717, 1.165) is 6.07 Å². The molecule has 0 atom stereocenters. The Labute approximate surface area is 182 Å². The molecule has 2 N–H and O–H groups in total. The Balaban J connectivity index is 1.37. The second-order valence-corrected chi connectivity index (χ2v) is 7.80. The number of aromatic nitrogens is 2. The third-order valence-corrected chi connectivity index (χ3v) is 4.95. The number of nitrogens with one attached hydrogen (secondary N) is 2. The van der Waals surface area contributed by atoms with Gasteiger partial charge in [-0.25, -0.2) is 13.2 Å². The molecule has 1 saturated heterocycles. The summed E-state index contributed by atoms with van der Waals surface area (Å²) in [7, 11) is 0. The smallest absolute Gasteiger partial charge is 0.243 e. The number of piperazine rings is 1. The van der Waals surface area contributed by atoms with E-state index >= 15 is 0 Å². The molecule has 0 unspecified atom stereocenters. The van der Waals surface area contributed by atoms with E-state index in [4.69, 9.17) is 4.52 Å². The summed E-state index contributed by atoms with van der Waals surface area (Å²) in [5.74, 6) is -4.23. The van der Waals surface area contributed by atoms with Crippen molar-refractivity contribution in [1.29, 1.82) is 0 Å². The van der Waals surface area contributed by atoms with Crippen molar-refractivity contribution in [2.75, 3.05) is 44.6 Å². The summed E-state index contributed by atoms with van der Waals surface area (Å²) in [5.41, 5.74) is -0.499. The van der Waals surface area contributed by atoms with Gasteiger partial charge in [-0.2, -0.15) is 4.98 Å². The topological polar surface area (TPSA) is 104 Å². The fraction of sp³-hybridized carbons (Fsp3) is 0.500. The van der Waals surface area contributed by atoms with Gasteiger partial charge in [-0.1, -0.05) is 19.0 Å². The van der Waals surface area contributed by atoms with Crippen LogP contribution in [0.1, 0.15) is 31.5 Å². The fourth-order valence-electron chi connectivity index (χ4n) is 3.12. The summed E-state index contributed by atoms with van der Waals surface area (Å²) in [6.45, 7) is 6.90. The van der Waals surface area contributed by atoms with Gasteiger partial charge in [-0.05, 0) is 12.1 Å². The van der Waals surface area contributed by atoms with Gasteiger partial charge in [0.2, 0.25) is 17.7 Å². The number of nitrogens with zero attached hydrogens (tertiary/aromatic N) is 4. The fourth-order valence-corrected chi connectivity index (χ4v) is 3.12. The molecule has 174 valence electrons. The van der Waals surface area contributed by atoms with Gasteiger partial charge in [0.15, 0.2) is 23.3 Å². The molecule has 0 aliphatic carbocycles. The molecule has 2 aromatic rings. The van der Waals surface area contributed by atoms with Crippen LogP contribution in [-0.4, -0.2) is 71.0 Å². The van der Waals surface area contributed by atoms with Gasteiger partial charge in [0, 0.05) is 32.1 Å². The van der Waals surface area contributed by atoms with Crippen LogP contribution in [0.5, 0.6) is 0 Å². The van der Waals surface area contributed by atoms with Gasteiger partial charge in [0.05, 0.1) is 25.3 Å². The van der Waals surface area contributed by atoms with Crippen LogP contribution in [0.2, 0.25) is 0 Å². The Morgan fingerprint density at radius 1 is 1.06 bits per heavy atom. The van der Waals surface area contributed by atoms with Crippen molar-refractivity contribution in [2.24, 2.45) is 0 Å². The molecular weight excluding hydrogens is 429 g/mol. The number of amides is 2. The van der Waals surface area contributed by atoms with Crippen LogP contribution in [0.25, 0.3) is 0 Å². The standard InChI is InChI=1S/C20H25F3N6O3/c1-12(2)20-26-17(32-27-20)11-29-7-5-28(6-8-29)10-16(31)24-9-15(30)25-14-4-3-13(21)18(22)19(14)23/h3-4,12H,5-11H2,1-2H3,(H,24,31)(H,25,30). The van der Waals surface area contributed by atoms with E-state index in [9.17, 15) is 22.8 Å². The van der Waals surface area contributed by atoms with Crippen LogP contribution in [-0.2, 0) is 16.1 Å². The minimum absolute atomic E-state index is 0.0959. The minimum atomic E-state index is -1.68. The number of rotatable bonds is 8. The highest BCUT2D eigenvalue weighted by Gasteiger charge is 2.22. The van der Waals surface area contributed by atoms with E-state index in [0.29, 0.717) is 50.5 Å². The number of carbonyl (C=O) groups is 2. The molecule has 1 aromatic heterocycles. The molecule has 3 rings (SSSR count). The molecule has 12 heteroatoms. The molecule has 1 aromatic carbocycles. The molecule has 1 fully saturated rings. The summed E-state index contributed by atoms with van der Waals surface area (Å²) in [6.07, 6.45) is 0. The highest BCUT2D eigenvalue weighted by molar-refractivity contribution is 5.94. The maximum Gasteiger partial charge on any atom is 0.243 e. The van der Waals surface area contributed by atoms with E-state index < -0.39 is 35.6 Å². The van der Waals surface area contributed by atoms with Crippen LogP contribution in [0.3, 0.4) is 0 Å². The summed E-state index contributed by atoms with van der Waals surface area (Å²) >= 11 is 0. The Kier molecular flexibility index (Phi) is 7.80. The Bertz CT molecular complexity index is 960. The molecule has 0 spiro atoms. The van der Waals surface area contributed by atoms with Crippen LogP contribution in [0.15, 0.2) is 16.7 Å². The van der Waals surface area contributed by atoms with Crippen molar-refractivity contribution >= 4 is 17.5 Å². The molecule has 0 radical (unpaired) electrons. The van der Waals surface area contributed by atoms with Gasteiger partial charge >= 0.3 is 0 Å². The number of halogens is 3. The van der Waals surface area contributed by atoms with Gasteiger partial charge < -0.3 is 15.2 Å². The van der Waals surface area contributed by atoms with E-state index in [1.807, 2.05) is 18.7 Å². The number of benzene rings is 1. The van der Waals surface area contributed by atoms with Gasteiger partial charge in [-0.3, -0.25) is 19.4 Å². The van der Waals surface area contributed by atoms with Crippen LogP contribution in [0, 0.1) is 17.5 Å². The largest absolute Gasteiger partial charge is 0.346 e. The van der Waals surface area contributed by atoms with E-state index in [1.165, 1.54) is 0 Å². The number of carbonyl (C=O) groups excluding carboxylic acids is 2. The Morgan fingerprint density at radius 2 is 1.75 bits per heavy atom. The number of hydrogen-bond acceptors (Lipinski definition) is 7. The van der Waals surface area contributed by atoms with Crippen molar-refractivity contribution in [3.8, 4) is 0 Å². The zero-order chi connectivity index (χ0) is 23.3. The Hall–Kier alpha value is -2.99. The molecular formula is C20H25F3N6O3. The lowest BCUT2D eigenvalue weighted by atomic mass is 10.2. The predicted octanol–water partition coefficient (Wildman–Crippen LogP) is 1.48. The van der Waals surface area contributed by atoms with E-state index in [2.05, 4.69) is 25.7 Å². The van der Waals surface area contributed by atoms with Gasteiger partial charge in [0.25, 0.3) is 0 Å². The second-order valence-electron chi connectivity index (χ2n) is 7.80. The lowest BCUT2D eigenvalue weighted by Crippen LogP contribution is -2.49.